The third-order valence-corrected chi connectivity index (χ3v) is 8.28. The quantitative estimate of drug-likeness (QED) is 0.572. The van der Waals surface area contributed by atoms with Crippen LogP contribution >= 0.6 is 15.9 Å². The first-order chi connectivity index (χ1) is 14.5. The number of urea groups is 1. The SMILES string of the molecule is CN1C(=O)N(C2CCCCC2)CCC1CN1CCC(Cc2cc(F)ccc2Br)CC1. The summed E-state index contributed by atoms with van der Waals surface area (Å²) in [7, 11) is 2.00. The van der Waals surface area contributed by atoms with Crippen LogP contribution in [0.1, 0.15) is 56.9 Å². The normalized spacial score (nSPS) is 25.2. The number of hydrogen-bond acceptors (Lipinski definition) is 2. The van der Waals surface area contributed by atoms with E-state index < -0.39 is 0 Å². The van der Waals surface area contributed by atoms with Gasteiger partial charge < -0.3 is 14.7 Å². The van der Waals surface area contributed by atoms with Crippen molar-refractivity contribution in [3.8, 4) is 0 Å². The lowest BCUT2D eigenvalue weighted by molar-refractivity contribution is 0.0611. The van der Waals surface area contributed by atoms with Gasteiger partial charge in [0.15, 0.2) is 0 Å². The number of likely N-dealkylation sites (tertiary alicyclic amines) is 1. The molecule has 1 unspecified atom stereocenters. The lowest BCUT2D eigenvalue weighted by Crippen LogP contribution is -2.58. The number of hydrogen-bond donors (Lipinski definition) is 0. The lowest BCUT2D eigenvalue weighted by Gasteiger charge is -2.45. The minimum Gasteiger partial charge on any atom is -0.323 e. The summed E-state index contributed by atoms with van der Waals surface area (Å²) in [6.45, 7) is 4.05. The van der Waals surface area contributed by atoms with Crippen LogP contribution in [0.5, 0.6) is 0 Å². The van der Waals surface area contributed by atoms with Crippen LogP contribution in [0.3, 0.4) is 0 Å². The van der Waals surface area contributed by atoms with Crippen LogP contribution in [0.2, 0.25) is 0 Å². The molecule has 4 rings (SSSR count). The molecule has 0 radical (unpaired) electrons. The Bertz CT molecular complexity index is 731. The number of carbonyl (C=O) groups excluding carboxylic acids is 1. The Balaban J connectivity index is 1.25. The standard InChI is InChI=1S/C24H35BrFN3O/c1-27-22(11-14-29(24(27)30)21-5-3-2-4-6-21)17-28-12-9-18(10-13-28)15-19-16-20(26)7-8-23(19)25/h7-8,16,18,21-22H,2-6,9-15,17H2,1H3. The minimum atomic E-state index is -0.155. The molecule has 0 spiro atoms. The number of likely N-dealkylation sites (N-methyl/N-ethyl adjacent to an activating group) is 1. The molecule has 1 aliphatic carbocycles. The molecule has 2 aliphatic heterocycles. The van der Waals surface area contributed by atoms with E-state index in [1.54, 1.807) is 6.07 Å². The predicted octanol–water partition coefficient (Wildman–Crippen LogP) is 5.30. The third-order valence-electron chi connectivity index (χ3n) is 7.51. The van der Waals surface area contributed by atoms with Crippen molar-refractivity contribution in [1.82, 2.24) is 14.7 Å². The number of piperidine rings is 1. The summed E-state index contributed by atoms with van der Waals surface area (Å²) in [6, 6.07) is 6.01. The average molecular weight is 480 g/mol. The van der Waals surface area contributed by atoms with E-state index in [0.717, 1.165) is 61.9 Å². The largest absolute Gasteiger partial charge is 0.323 e. The maximum Gasteiger partial charge on any atom is 0.320 e. The number of amides is 2. The van der Waals surface area contributed by atoms with Gasteiger partial charge in [0, 0.05) is 36.7 Å². The topological polar surface area (TPSA) is 26.8 Å². The monoisotopic (exact) mass is 479 g/mol. The Labute approximate surface area is 188 Å². The van der Waals surface area contributed by atoms with E-state index in [1.807, 2.05) is 18.0 Å². The summed E-state index contributed by atoms with van der Waals surface area (Å²) < 4.78 is 14.6. The molecule has 1 aromatic carbocycles. The molecule has 3 aliphatic rings. The molecule has 1 aromatic rings. The first kappa shape index (κ1) is 22.1. The van der Waals surface area contributed by atoms with Crippen LogP contribution < -0.4 is 0 Å². The van der Waals surface area contributed by atoms with Crippen LogP contribution in [-0.4, -0.2) is 66.0 Å². The molecule has 0 aromatic heterocycles. The molecule has 0 bridgehead atoms. The van der Waals surface area contributed by atoms with E-state index in [1.165, 1.54) is 38.2 Å². The Morgan fingerprint density at radius 2 is 1.77 bits per heavy atom. The molecule has 1 saturated carbocycles. The van der Waals surface area contributed by atoms with Crippen LogP contribution in [0.15, 0.2) is 22.7 Å². The van der Waals surface area contributed by atoms with Gasteiger partial charge in [-0.25, -0.2) is 9.18 Å². The Kier molecular flexibility index (Phi) is 7.35. The van der Waals surface area contributed by atoms with Gasteiger partial charge in [0.25, 0.3) is 0 Å². The van der Waals surface area contributed by atoms with Crippen molar-refractivity contribution in [2.75, 3.05) is 33.2 Å². The lowest BCUT2D eigenvalue weighted by atomic mass is 9.89. The number of nitrogens with zero attached hydrogens (tertiary/aromatic N) is 3. The highest BCUT2D eigenvalue weighted by molar-refractivity contribution is 9.10. The second-order valence-electron chi connectivity index (χ2n) is 9.51. The average Bonchev–Trinajstić information content (AvgIpc) is 2.76. The second kappa shape index (κ2) is 9.99. The van der Waals surface area contributed by atoms with Crippen molar-refractivity contribution < 1.29 is 9.18 Å². The zero-order chi connectivity index (χ0) is 21.1. The number of rotatable bonds is 5. The van der Waals surface area contributed by atoms with Gasteiger partial charge in [-0.3, -0.25) is 0 Å². The van der Waals surface area contributed by atoms with Crippen molar-refractivity contribution in [2.24, 2.45) is 5.92 Å². The summed E-state index contributed by atoms with van der Waals surface area (Å²) >= 11 is 3.56. The maximum atomic E-state index is 13.6. The van der Waals surface area contributed by atoms with Gasteiger partial charge in [0.05, 0.1) is 0 Å². The van der Waals surface area contributed by atoms with E-state index in [4.69, 9.17) is 0 Å². The first-order valence-corrected chi connectivity index (χ1v) is 12.5. The first-order valence-electron chi connectivity index (χ1n) is 11.7. The molecule has 166 valence electrons. The summed E-state index contributed by atoms with van der Waals surface area (Å²) in [4.78, 5) is 19.7. The highest BCUT2D eigenvalue weighted by Gasteiger charge is 2.36. The number of halogens is 2. The fourth-order valence-electron chi connectivity index (χ4n) is 5.56. The molecule has 1 atom stereocenters. The maximum absolute atomic E-state index is 13.6. The van der Waals surface area contributed by atoms with E-state index in [0.29, 0.717) is 18.0 Å². The molecule has 0 N–H and O–H groups in total. The van der Waals surface area contributed by atoms with Crippen molar-refractivity contribution in [2.45, 2.75) is 69.9 Å². The van der Waals surface area contributed by atoms with Crippen molar-refractivity contribution in [3.63, 3.8) is 0 Å². The fourth-order valence-corrected chi connectivity index (χ4v) is 5.97. The molecule has 2 saturated heterocycles. The molecular weight excluding hydrogens is 445 g/mol. The molecule has 2 heterocycles. The van der Waals surface area contributed by atoms with Crippen molar-refractivity contribution >= 4 is 22.0 Å². The number of benzene rings is 1. The van der Waals surface area contributed by atoms with Crippen LogP contribution in [0.4, 0.5) is 9.18 Å². The second-order valence-corrected chi connectivity index (χ2v) is 10.4. The Hall–Kier alpha value is -1.14. The molecule has 3 fully saturated rings. The Morgan fingerprint density at radius 3 is 2.50 bits per heavy atom. The van der Waals surface area contributed by atoms with Gasteiger partial charge >= 0.3 is 6.03 Å². The molecule has 2 amide bonds. The number of carbonyl (C=O) groups is 1. The van der Waals surface area contributed by atoms with Gasteiger partial charge in [-0.1, -0.05) is 35.2 Å². The minimum absolute atomic E-state index is 0.155. The van der Waals surface area contributed by atoms with E-state index >= 15 is 0 Å². The summed E-state index contributed by atoms with van der Waals surface area (Å²) in [5, 5.41) is 0. The molecule has 30 heavy (non-hydrogen) atoms. The van der Waals surface area contributed by atoms with Crippen molar-refractivity contribution in [3.05, 3.63) is 34.1 Å². The molecule has 6 heteroatoms. The van der Waals surface area contributed by atoms with Gasteiger partial charge in [-0.05, 0) is 81.3 Å². The van der Waals surface area contributed by atoms with E-state index in [-0.39, 0.29) is 11.8 Å². The summed E-state index contributed by atoms with van der Waals surface area (Å²) in [6.07, 6.45) is 10.5. The van der Waals surface area contributed by atoms with E-state index in [9.17, 15) is 9.18 Å². The Morgan fingerprint density at radius 1 is 1.03 bits per heavy atom. The third kappa shape index (κ3) is 5.18. The fraction of sp³-hybridized carbons (Fsp3) is 0.708. The predicted molar refractivity (Wildman–Crippen MR) is 122 cm³/mol. The zero-order valence-corrected chi connectivity index (χ0v) is 19.7. The molecule has 4 nitrogen and oxygen atoms in total. The van der Waals surface area contributed by atoms with Crippen LogP contribution in [0.25, 0.3) is 0 Å². The molecular formula is C24H35BrFN3O. The van der Waals surface area contributed by atoms with Gasteiger partial charge in [-0.15, -0.1) is 0 Å². The smallest absolute Gasteiger partial charge is 0.320 e. The van der Waals surface area contributed by atoms with Crippen molar-refractivity contribution in [1.29, 1.82) is 0 Å². The highest BCUT2D eigenvalue weighted by atomic mass is 79.9. The van der Waals surface area contributed by atoms with Crippen LogP contribution in [0, 0.1) is 11.7 Å². The summed E-state index contributed by atoms with van der Waals surface area (Å²) in [5.41, 5.74) is 1.08. The zero-order valence-electron chi connectivity index (χ0n) is 18.2. The van der Waals surface area contributed by atoms with Gasteiger partial charge in [-0.2, -0.15) is 0 Å². The highest BCUT2D eigenvalue weighted by Crippen LogP contribution is 2.29. The van der Waals surface area contributed by atoms with Crippen LogP contribution in [-0.2, 0) is 6.42 Å². The van der Waals surface area contributed by atoms with E-state index in [2.05, 4.69) is 25.7 Å². The summed E-state index contributed by atoms with van der Waals surface area (Å²) in [5.74, 6) is 0.449. The van der Waals surface area contributed by atoms with Gasteiger partial charge in [0.1, 0.15) is 5.82 Å². The van der Waals surface area contributed by atoms with Gasteiger partial charge in [0.2, 0.25) is 0 Å².